The third kappa shape index (κ3) is 5.49. The van der Waals surface area contributed by atoms with Crippen molar-refractivity contribution < 1.29 is 9.90 Å². The van der Waals surface area contributed by atoms with Crippen LogP contribution in [0, 0.1) is 5.92 Å². The highest BCUT2D eigenvalue weighted by atomic mass is 35.5. The fourth-order valence-corrected chi connectivity index (χ4v) is 1.96. The third-order valence-corrected chi connectivity index (χ3v) is 3.30. The van der Waals surface area contributed by atoms with Crippen LogP contribution >= 0.6 is 11.6 Å². The zero-order valence-corrected chi connectivity index (χ0v) is 12.9. The lowest BCUT2D eigenvalue weighted by molar-refractivity contribution is -0.123. The van der Waals surface area contributed by atoms with E-state index in [0.29, 0.717) is 23.0 Å². The SMILES string of the molecule is CC(C)CNC(=O)C(C)NCC(O)c1ccccc1Cl. The first-order valence-electron chi connectivity index (χ1n) is 6.85. The van der Waals surface area contributed by atoms with Crippen molar-refractivity contribution in [2.75, 3.05) is 13.1 Å². The summed E-state index contributed by atoms with van der Waals surface area (Å²) in [4.78, 5) is 11.8. The zero-order chi connectivity index (χ0) is 15.1. The number of rotatable bonds is 7. The molecule has 0 radical (unpaired) electrons. The molecule has 2 atom stereocenters. The van der Waals surface area contributed by atoms with Crippen LogP contribution in [0.2, 0.25) is 5.02 Å². The van der Waals surface area contributed by atoms with Gasteiger partial charge in [0.15, 0.2) is 0 Å². The lowest BCUT2D eigenvalue weighted by Crippen LogP contribution is -2.44. The number of nitrogens with one attached hydrogen (secondary N) is 2. The lowest BCUT2D eigenvalue weighted by atomic mass is 10.1. The van der Waals surface area contributed by atoms with Crippen molar-refractivity contribution in [2.24, 2.45) is 5.92 Å². The number of carbonyl (C=O) groups is 1. The number of halogens is 1. The molecule has 1 aromatic rings. The van der Waals surface area contributed by atoms with E-state index < -0.39 is 6.10 Å². The van der Waals surface area contributed by atoms with Crippen LogP contribution in [-0.2, 0) is 4.79 Å². The Morgan fingerprint density at radius 1 is 1.25 bits per heavy atom. The molecular weight excluding hydrogens is 276 g/mol. The second-order valence-corrected chi connectivity index (χ2v) is 5.71. The summed E-state index contributed by atoms with van der Waals surface area (Å²) in [6.45, 7) is 6.78. The Balaban J connectivity index is 2.42. The maximum absolute atomic E-state index is 11.8. The van der Waals surface area contributed by atoms with Gasteiger partial charge in [-0.2, -0.15) is 0 Å². The van der Waals surface area contributed by atoms with Crippen molar-refractivity contribution in [2.45, 2.75) is 32.9 Å². The van der Waals surface area contributed by atoms with E-state index >= 15 is 0 Å². The van der Waals surface area contributed by atoms with Crippen LogP contribution in [0.25, 0.3) is 0 Å². The van der Waals surface area contributed by atoms with Crippen LogP contribution in [0.1, 0.15) is 32.4 Å². The van der Waals surface area contributed by atoms with Gasteiger partial charge in [0.05, 0.1) is 12.1 Å². The number of aliphatic hydroxyl groups is 1. The Kier molecular flexibility index (Phi) is 6.99. The van der Waals surface area contributed by atoms with Crippen molar-refractivity contribution in [1.82, 2.24) is 10.6 Å². The molecule has 0 spiro atoms. The Labute approximate surface area is 125 Å². The molecule has 4 nitrogen and oxygen atoms in total. The van der Waals surface area contributed by atoms with Crippen LogP contribution in [0.5, 0.6) is 0 Å². The van der Waals surface area contributed by atoms with Gasteiger partial charge < -0.3 is 15.7 Å². The largest absolute Gasteiger partial charge is 0.387 e. The summed E-state index contributed by atoms with van der Waals surface area (Å²) in [6, 6.07) is 6.79. The van der Waals surface area contributed by atoms with Gasteiger partial charge in [0.2, 0.25) is 5.91 Å². The first-order valence-corrected chi connectivity index (χ1v) is 7.23. The van der Waals surface area contributed by atoms with E-state index in [2.05, 4.69) is 10.6 Å². The van der Waals surface area contributed by atoms with E-state index in [0.717, 1.165) is 0 Å². The molecule has 1 rings (SSSR count). The van der Waals surface area contributed by atoms with E-state index in [4.69, 9.17) is 11.6 Å². The monoisotopic (exact) mass is 298 g/mol. The standard InChI is InChI=1S/C15H23ClN2O2/c1-10(2)8-18-15(20)11(3)17-9-14(19)12-6-4-5-7-13(12)16/h4-7,10-11,14,17,19H,8-9H2,1-3H3,(H,18,20). The minimum atomic E-state index is -0.732. The molecule has 0 aliphatic rings. The first-order chi connectivity index (χ1) is 9.41. The van der Waals surface area contributed by atoms with E-state index in [1.54, 1.807) is 19.1 Å². The Morgan fingerprint density at radius 3 is 2.50 bits per heavy atom. The van der Waals surface area contributed by atoms with E-state index in [9.17, 15) is 9.90 Å². The van der Waals surface area contributed by atoms with Gasteiger partial charge in [0.25, 0.3) is 0 Å². The summed E-state index contributed by atoms with van der Waals surface area (Å²) in [5.74, 6) is 0.352. The van der Waals surface area contributed by atoms with Gasteiger partial charge in [-0.05, 0) is 18.9 Å². The number of benzene rings is 1. The topological polar surface area (TPSA) is 61.4 Å². The van der Waals surface area contributed by atoms with Crippen LogP contribution < -0.4 is 10.6 Å². The van der Waals surface area contributed by atoms with E-state index in [1.165, 1.54) is 0 Å². The minimum absolute atomic E-state index is 0.0648. The summed E-state index contributed by atoms with van der Waals surface area (Å²) >= 11 is 6.01. The molecule has 2 unspecified atom stereocenters. The normalized spacial score (nSPS) is 14.1. The maximum Gasteiger partial charge on any atom is 0.236 e. The van der Waals surface area contributed by atoms with Crippen molar-refractivity contribution in [3.05, 3.63) is 34.9 Å². The van der Waals surface area contributed by atoms with Crippen molar-refractivity contribution >= 4 is 17.5 Å². The average molecular weight is 299 g/mol. The molecule has 0 aromatic heterocycles. The van der Waals surface area contributed by atoms with Gasteiger partial charge >= 0.3 is 0 Å². The maximum atomic E-state index is 11.8. The molecule has 5 heteroatoms. The van der Waals surface area contributed by atoms with Crippen LogP contribution in [-0.4, -0.2) is 30.1 Å². The highest BCUT2D eigenvalue weighted by Gasteiger charge is 2.16. The molecule has 0 heterocycles. The van der Waals surface area contributed by atoms with Crippen LogP contribution in [0.15, 0.2) is 24.3 Å². The molecule has 1 aromatic carbocycles. The van der Waals surface area contributed by atoms with Gasteiger partial charge in [0, 0.05) is 23.7 Å². The summed E-state index contributed by atoms with van der Waals surface area (Å²) in [5.41, 5.74) is 0.663. The van der Waals surface area contributed by atoms with Gasteiger partial charge in [-0.15, -0.1) is 0 Å². The number of hydrogen-bond donors (Lipinski definition) is 3. The van der Waals surface area contributed by atoms with Crippen LogP contribution in [0.3, 0.4) is 0 Å². The van der Waals surface area contributed by atoms with Gasteiger partial charge in [0.1, 0.15) is 0 Å². The van der Waals surface area contributed by atoms with E-state index in [-0.39, 0.29) is 18.5 Å². The molecule has 0 saturated carbocycles. The van der Waals surface area contributed by atoms with Crippen LogP contribution in [0.4, 0.5) is 0 Å². The van der Waals surface area contributed by atoms with Crippen molar-refractivity contribution in [1.29, 1.82) is 0 Å². The minimum Gasteiger partial charge on any atom is -0.387 e. The van der Waals surface area contributed by atoms with Crippen molar-refractivity contribution in [3.8, 4) is 0 Å². The molecule has 1 amide bonds. The predicted octanol–water partition coefficient (Wildman–Crippen LogP) is 2.12. The second kappa shape index (κ2) is 8.25. The molecule has 20 heavy (non-hydrogen) atoms. The molecule has 0 fully saturated rings. The van der Waals surface area contributed by atoms with Gasteiger partial charge in [-0.25, -0.2) is 0 Å². The number of carbonyl (C=O) groups excluding carboxylic acids is 1. The Morgan fingerprint density at radius 2 is 1.90 bits per heavy atom. The molecule has 112 valence electrons. The fraction of sp³-hybridized carbons (Fsp3) is 0.533. The summed E-state index contributed by atoms with van der Waals surface area (Å²) < 4.78 is 0. The molecule has 0 saturated heterocycles. The average Bonchev–Trinajstić information content (AvgIpc) is 2.42. The zero-order valence-electron chi connectivity index (χ0n) is 12.2. The molecular formula is C15H23ClN2O2. The molecule has 3 N–H and O–H groups in total. The Bertz CT molecular complexity index is 438. The highest BCUT2D eigenvalue weighted by molar-refractivity contribution is 6.31. The van der Waals surface area contributed by atoms with Gasteiger partial charge in [-0.1, -0.05) is 43.6 Å². The molecule has 0 aliphatic carbocycles. The molecule has 0 aliphatic heterocycles. The number of hydrogen-bond acceptors (Lipinski definition) is 3. The molecule has 0 bridgehead atoms. The smallest absolute Gasteiger partial charge is 0.236 e. The highest BCUT2D eigenvalue weighted by Crippen LogP contribution is 2.21. The second-order valence-electron chi connectivity index (χ2n) is 5.31. The Hall–Kier alpha value is -1.10. The van der Waals surface area contributed by atoms with Gasteiger partial charge in [-0.3, -0.25) is 4.79 Å². The van der Waals surface area contributed by atoms with Crippen molar-refractivity contribution in [3.63, 3.8) is 0 Å². The summed E-state index contributed by atoms with van der Waals surface area (Å²) in [7, 11) is 0. The third-order valence-electron chi connectivity index (χ3n) is 2.96. The predicted molar refractivity (Wildman–Crippen MR) is 81.7 cm³/mol. The summed E-state index contributed by atoms with van der Waals surface area (Å²) in [5, 5.41) is 16.5. The fourth-order valence-electron chi connectivity index (χ4n) is 1.69. The first kappa shape index (κ1) is 17.0. The quantitative estimate of drug-likeness (QED) is 0.722. The van der Waals surface area contributed by atoms with E-state index in [1.807, 2.05) is 26.0 Å². The number of amides is 1. The summed E-state index contributed by atoms with van der Waals surface area (Å²) in [6.07, 6.45) is -0.732. The number of aliphatic hydroxyl groups excluding tert-OH is 1. The lowest BCUT2D eigenvalue weighted by Gasteiger charge is -2.18.